The van der Waals surface area contributed by atoms with Crippen molar-refractivity contribution in [3.8, 4) is 0 Å². The minimum atomic E-state index is -0.227. The number of aliphatic hydroxyl groups is 1. The molecule has 2 heteroatoms. The van der Waals surface area contributed by atoms with Gasteiger partial charge in [-0.1, -0.05) is 38.1 Å². The number of hydrogen-bond acceptors (Lipinski definition) is 2. The highest BCUT2D eigenvalue weighted by atomic mass is 16.5. The van der Waals surface area contributed by atoms with Crippen molar-refractivity contribution < 1.29 is 9.84 Å². The molecule has 0 heterocycles. The summed E-state index contributed by atoms with van der Waals surface area (Å²) >= 11 is 0. The number of ether oxygens (including phenoxy) is 1. The summed E-state index contributed by atoms with van der Waals surface area (Å²) in [6.45, 7) is 5.01. The van der Waals surface area contributed by atoms with E-state index in [9.17, 15) is 5.11 Å². The summed E-state index contributed by atoms with van der Waals surface area (Å²) in [4.78, 5) is 0. The molecule has 0 saturated carbocycles. The minimum absolute atomic E-state index is 0.227. The Morgan fingerprint density at radius 2 is 1.88 bits per heavy atom. The third kappa shape index (κ3) is 5.85. The number of hydrogen-bond donors (Lipinski definition) is 1. The maximum Gasteiger partial charge on any atom is 0.0713 e. The first kappa shape index (κ1) is 14.2. The molecule has 1 unspecified atom stereocenters. The Bertz CT molecular complexity index is 320. The molecule has 0 fully saturated rings. The van der Waals surface area contributed by atoms with Gasteiger partial charge in [0.2, 0.25) is 0 Å². The van der Waals surface area contributed by atoms with Crippen LogP contribution in [0.15, 0.2) is 24.3 Å². The monoisotopic (exact) mass is 236 g/mol. The molecule has 1 atom stereocenters. The van der Waals surface area contributed by atoms with Crippen LogP contribution in [0, 0.1) is 5.92 Å². The van der Waals surface area contributed by atoms with E-state index in [0.717, 1.165) is 19.3 Å². The molecule has 0 aliphatic heterocycles. The van der Waals surface area contributed by atoms with Crippen molar-refractivity contribution in [3.63, 3.8) is 0 Å². The van der Waals surface area contributed by atoms with Crippen molar-refractivity contribution in [2.45, 2.75) is 45.8 Å². The van der Waals surface area contributed by atoms with E-state index in [-0.39, 0.29) is 6.10 Å². The molecule has 0 aromatic heterocycles. The van der Waals surface area contributed by atoms with Crippen LogP contribution in [0.2, 0.25) is 0 Å². The molecule has 1 aromatic rings. The van der Waals surface area contributed by atoms with E-state index in [0.29, 0.717) is 12.5 Å². The summed E-state index contributed by atoms with van der Waals surface area (Å²) in [7, 11) is 1.70. The lowest BCUT2D eigenvalue weighted by Crippen LogP contribution is -2.11. The second kappa shape index (κ2) is 7.46. The van der Waals surface area contributed by atoms with E-state index >= 15 is 0 Å². The first-order valence-corrected chi connectivity index (χ1v) is 6.36. The van der Waals surface area contributed by atoms with Crippen LogP contribution in [-0.2, 0) is 17.8 Å². The molecule has 1 N–H and O–H groups in total. The van der Waals surface area contributed by atoms with Gasteiger partial charge in [-0.15, -0.1) is 0 Å². The van der Waals surface area contributed by atoms with Crippen molar-refractivity contribution in [2.75, 3.05) is 7.11 Å². The Balaban J connectivity index is 2.46. The molecular formula is C15H24O2. The van der Waals surface area contributed by atoms with Gasteiger partial charge >= 0.3 is 0 Å². The third-order valence-corrected chi connectivity index (χ3v) is 2.85. The van der Waals surface area contributed by atoms with Crippen molar-refractivity contribution in [2.24, 2.45) is 5.92 Å². The lowest BCUT2D eigenvalue weighted by molar-refractivity contribution is 0.156. The fourth-order valence-corrected chi connectivity index (χ4v) is 1.91. The average molecular weight is 236 g/mol. The number of methoxy groups -OCH3 is 1. The van der Waals surface area contributed by atoms with Crippen LogP contribution in [0.1, 0.15) is 37.8 Å². The SMILES string of the molecule is COCc1cccc(CC(O)CCC(C)C)c1. The van der Waals surface area contributed by atoms with Crippen LogP contribution < -0.4 is 0 Å². The fourth-order valence-electron chi connectivity index (χ4n) is 1.91. The van der Waals surface area contributed by atoms with Gasteiger partial charge in [0.25, 0.3) is 0 Å². The Morgan fingerprint density at radius 3 is 2.53 bits per heavy atom. The molecule has 0 aliphatic rings. The smallest absolute Gasteiger partial charge is 0.0713 e. The van der Waals surface area contributed by atoms with E-state index in [2.05, 4.69) is 26.0 Å². The van der Waals surface area contributed by atoms with E-state index < -0.39 is 0 Å². The first-order chi connectivity index (χ1) is 8.11. The van der Waals surface area contributed by atoms with Gasteiger partial charge in [0, 0.05) is 7.11 Å². The maximum absolute atomic E-state index is 9.94. The normalized spacial score (nSPS) is 13.0. The third-order valence-electron chi connectivity index (χ3n) is 2.85. The predicted octanol–water partition coefficient (Wildman–Crippen LogP) is 3.17. The topological polar surface area (TPSA) is 29.5 Å². The highest BCUT2D eigenvalue weighted by Gasteiger charge is 2.07. The predicted molar refractivity (Wildman–Crippen MR) is 70.9 cm³/mol. The van der Waals surface area contributed by atoms with E-state index in [1.54, 1.807) is 7.11 Å². The summed E-state index contributed by atoms with van der Waals surface area (Å²) in [6, 6.07) is 8.26. The van der Waals surface area contributed by atoms with Gasteiger partial charge in [-0.3, -0.25) is 0 Å². The highest BCUT2D eigenvalue weighted by molar-refractivity contribution is 5.23. The molecule has 17 heavy (non-hydrogen) atoms. The molecule has 0 radical (unpaired) electrons. The quantitative estimate of drug-likeness (QED) is 0.788. The molecule has 2 nitrogen and oxygen atoms in total. The summed E-state index contributed by atoms with van der Waals surface area (Å²) in [5.41, 5.74) is 2.36. The van der Waals surface area contributed by atoms with Crippen LogP contribution in [0.25, 0.3) is 0 Å². The summed E-state index contributed by atoms with van der Waals surface area (Å²) < 4.78 is 5.10. The zero-order chi connectivity index (χ0) is 12.7. The molecule has 0 amide bonds. The number of rotatable bonds is 7. The van der Waals surface area contributed by atoms with Crippen LogP contribution >= 0.6 is 0 Å². The second-order valence-corrected chi connectivity index (χ2v) is 5.08. The van der Waals surface area contributed by atoms with Crippen molar-refractivity contribution in [3.05, 3.63) is 35.4 Å². The Hall–Kier alpha value is -0.860. The van der Waals surface area contributed by atoms with E-state index in [4.69, 9.17) is 4.74 Å². The molecule has 0 aliphatic carbocycles. The number of aliphatic hydroxyl groups excluding tert-OH is 1. The summed E-state index contributed by atoms with van der Waals surface area (Å²) in [6.07, 6.45) is 2.48. The van der Waals surface area contributed by atoms with Gasteiger partial charge < -0.3 is 9.84 Å². The van der Waals surface area contributed by atoms with Gasteiger partial charge in [0.1, 0.15) is 0 Å². The van der Waals surface area contributed by atoms with E-state index in [1.807, 2.05) is 12.1 Å². The van der Waals surface area contributed by atoms with Gasteiger partial charge in [-0.25, -0.2) is 0 Å². The highest BCUT2D eigenvalue weighted by Crippen LogP contribution is 2.13. The fraction of sp³-hybridized carbons (Fsp3) is 0.600. The zero-order valence-corrected chi connectivity index (χ0v) is 11.1. The van der Waals surface area contributed by atoms with Crippen LogP contribution in [0.5, 0.6) is 0 Å². The Kier molecular flexibility index (Phi) is 6.23. The molecule has 0 spiro atoms. The molecule has 1 rings (SSSR count). The van der Waals surface area contributed by atoms with Crippen molar-refractivity contribution in [1.29, 1.82) is 0 Å². The molecule has 0 bridgehead atoms. The first-order valence-electron chi connectivity index (χ1n) is 6.36. The van der Waals surface area contributed by atoms with Crippen molar-refractivity contribution >= 4 is 0 Å². The Labute approximate surface area is 105 Å². The maximum atomic E-state index is 9.94. The van der Waals surface area contributed by atoms with Crippen LogP contribution in [-0.4, -0.2) is 18.3 Å². The zero-order valence-electron chi connectivity index (χ0n) is 11.1. The van der Waals surface area contributed by atoms with Crippen LogP contribution in [0.4, 0.5) is 0 Å². The van der Waals surface area contributed by atoms with Gasteiger partial charge in [-0.05, 0) is 36.3 Å². The lowest BCUT2D eigenvalue weighted by atomic mass is 9.99. The number of benzene rings is 1. The molecule has 1 aromatic carbocycles. The molecule has 96 valence electrons. The van der Waals surface area contributed by atoms with Gasteiger partial charge in [0.05, 0.1) is 12.7 Å². The molecular weight excluding hydrogens is 212 g/mol. The second-order valence-electron chi connectivity index (χ2n) is 5.08. The summed E-state index contributed by atoms with van der Waals surface area (Å²) in [5, 5.41) is 9.94. The average Bonchev–Trinajstić information content (AvgIpc) is 2.27. The largest absolute Gasteiger partial charge is 0.393 e. The Morgan fingerprint density at radius 1 is 1.18 bits per heavy atom. The standard InChI is InChI=1S/C15H24O2/c1-12(2)7-8-15(16)10-13-5-4-6-14(9-13)11-17-3/h4-6,9,12,15-16H,7-8,10-11H2,1-3H3. The lowest BCUT2D eigenvalue weighted by Gasteiger charge is -2.12. The van der Waals surface area contributed by atoms with Crippen molar-refractivity contribution in [1.82, 2.24) is 0 Å². The van der Waals surface area contributed by atoms with E-state index in [1.165, 1.54) is 11.1 Å². The minimum Gasteiger partial charge on any atom is -0.393 e. The van der Waals surface area contributed by atoms with Gasteiger partial charge in [0.15, 0.2) is 0 Å². The van der Waals surface area contributed by atoms with Crippen LogP contribution in [0.3, 0.4) is 0 Å². The summed E-state index contributed by atoms with van der Waals surface area (Å²) in [5.74, 6) is 0.657. The molecule has 0 saturated heterocycles. The van der Waals surface area contributed by atoms with Gasteiger partial charge in [-0.2, -0.15) is 0 Å².